The number of rotatable bonds is 3. The molecular formula is C16H21N3O. The van der Waals surface area contributed by atoms with Crippen molar-refractivity contribution in [1.29, 1.82) is 5.26 Å². The number of benzene rings is 1. The van der Waals surface area contributed by atoms with Gasteiger partial charge in [0.1, 0.15) is 6.07 Å². The van der Waals surface area contributed by atoms with E-state index in [2.05, 4.69) is 29.3 Å². The van der Waals surface area contributed by atoms with Gasteiger partial charge in [-0.05, 0) is 37.3 Å². The lowest BCUT2D eigenvalue weighted by Gasteiger charge is -2.35. The average molecular weight is 271 g/mol. The number of nitrogens with one attached hydrogen (secondary N) is 1. The van der Waals surface area contributed by atoms with E-state index in [1.807, 2.05) is 12.1 Å². The molecule has 106 valence electrons. The average Bonchev–Trinajstić information content (AvgIpc) is 2.45. The monoisotopic (exact) mass is 271 g/mol. The molecular weight excluding hydrogens is 250 g/mol. The molecule has 0 atom stereocenters. The molecule has 1 amide bonds. The standard InChI is InChI=1S/C16H21N3O/c1-12-4-3-5-15(10-17)16(12)19-8-6-14(7-9-19)11-18-13(2)20/h3-5,14H,6-9,11H2,1-2H3,(H,18,20). The number of nitriles is 1. The predicted octanol–water partition coefficient (Wildman–Crippen LogP) is 2.22. The first-order chi connectivity index (χ1) is 9.61. The van der Waals surface area contributed by atoms with Gasteiger partial charge in [-0.2, -0.15) is 5.26 Å². The molecule has 4 heteroatoms. The van der Waals surface area contributed by atoms with Crippen LogP contribution in [0.3, 0.4) is 0 Å². The van der Waals surface area contributed by atoms with Crippen LogP contribution in [-0.2, 0) is 4.79 Å². The fourth-order valence-corrected chi connectivity index (χ4v) is 2.82. The normalized spacial score (nSPS) is 15.8. The van der Waals surface area contributed by atoms with E-state index in [9.17, 15) is 10.1 Å². The van der Waals surface area contributed by atoms with E-state index in [1.54, 1.807) is 6.92 Å². The van der Waals surface area contributed by atoms with Crippen LogP contribution in [0.4, 0.5) is 5.69 Å². The first-order valence-electron chi connectivity index (χ1n) is 7.11. The molecule has 1 saturated heterocycles. The van der Waals surface area contributed by atoms with Gasteiger partial charge in [-0.3, -0.25) is 4.79 Å². The summed E-state index contributed by atoms with van der Waals surface area (Å²) in [5.41, 5.74) is 2.99. The van der Waals surface area contributed by atoms with E-state index in [0.717, 1.165) is 49.3 Å². The van der Waals surface area contributed by atoms with Gasteiger partial charge in [-0.15, -0.1) is 0 Å². The number of para-hydroxylation sites is 1. The molecule has 0 bridgehead atoms. The number of nitrogens with zero attached hydrogens (tertiary/aromatic N) is 2. The van der Waals surface area contributed by atoms with Crippen molar-refractivity contribution in [2.45, 2.75) is 26.7 Å². The summed E-state index contributed by atoms with van der Waals surface area (Å²) < 4.78 is 0. The second-order valence-corrected chi connectivity index (χ2v) is 5.45. The van der Waals surface area contributed by atoms with Crippen molar-refractivity contribution in [2.75, 3.05) is 24.5 Å². The van der Waals surface area contributed by atoms with Gasteiger partial charge in [0.15, 0.2) is 0 Å². The molecule has 1 heterocycles. The zero-order chi connectivity index (χ0) is 14.5. The highest BCUT2D eigenvalue weighted by molar-refractivity contribution is 5.72. The lowest BCUT2D eigenvalue weighted by Crippen LogP contribution is -2.38. The Kier molecular flexibility index (Phi) is 4.62. The van der Waals surface area contributed by atoms with Crippen LogP contribution in [0.5, 0.6) is 0 Å². The molecule has 20 heavy (non-hydrogen) atoms. The number of carbonyl (C=O) groups is 1. The first-order valence-corrected chi connectivity index (χ1v) is 7.11. The number of hydrogen-bond acceptors (Lipinski definition) is 3. The van der Waals surface area contributed by atoms with Crippen molar-refractivity contribution in [1.82, 2.24) is 5.32 Å². The second-order valence-electron chi connectivity index (χ2n) is 5.45. The molecule has 0 spiro atoms. The zero-order valence-corrected chi connectivity index (χ0v) is 12.1. The quantitative estimate of drug-likeness (QED) is 0.917. The molecule has 1 aromatic rings. The Bertz CT molecular complexity index is 525. The summed E-state index contributed by atoms with van der Waals surface area (Å²) in [5.74, 6) is 0.586. The summed E-state index contributed by atoms with van der Waals surface area (Å²) in [4.78, 5) is 13.2. The fraction of sp³-hybridized carbons (Fsp3) is 0.500. The van der Waals surface area contributed by atoms with Crippen molar-refractivity contribution >= 4 is 11.6 Å². The third-order valence-electron chi connectivity index (χ3n) is 3.93. The van der Waals surface area contributed by atoms with Crippen molar-refractivity contribution < 1.29 is 4.79 Å². The number of piperidine rings is 1. The molecule has 0 radical (unpaired) electrons. The SMILES string of the molecule is CC(=O)NCC1CCN(c2c(C)cccc2C#N)CC1. The minimum atomic E-state index is 0.0399. The minimum absolute atomic E-state index is 0.0399. The second kappa shape index (κ2) is 6.42. The molecule has 1 aromatic carbocycles. The molecule has 1 aliphatic rings. The first kappa shape index (κ1) is 14.4. The largest absolute Gasteiger partial charge is 0.370 e. The molecule has 0 aromatic heterocycles. The number of hydrogen-bond donors (Lipinski definition) is 1. The van der Waals surface area contributed by atoms with Crippen molar-refractivity contribution in [3.63, 3.8) is 0 Å². The Morgan fingerprint density at radius 1 is 1.45 bits per heavy atom. The van der Waals surface area contributed by atoms with Crippen LogP contribution in [0, 0.1) is 24.2 Å². The summed E-state index contributed by atoms with van der Waals surface area (Å²) in [6.45, 7) is 6.27. The van der Waals surface area contributed by atoms with Crippen LogP contribution in [0.15, 0.2) is 18.2 Å². The maximum absolute atomic E-state index is 10.9. The smallest absolute Gasteiger partial charge is 0.216 e. The highest BCUT2D eigenvalue weighted by Gasteiger charge is 2.22. The highest BCUT2D eigenvalue weighted by atomic mass is 16.1. The summed E-state index contributed by atoms with van der Waals surface area (Å²) in [6.07, 6.45) is 2.11. The van der Waals surface area contributed by atoms with Crippen molar-refractivity contribution in [3.05, 3.63) is 29.3 Å². The van der Waals surface area contributed by atoms with E-state index in [1.165, 1.54) is 0 Å². The van der Waals surface area contributed by atoms with Crippen LogP contribution in [-0.4, -0.2) is 25.5 Å². The van der Waals surface area contributed by atoms with Gasteiger partial charge in [-0.25, -0.2) is 0 Å². The number of anilines is 1. The maximum Gasteiger partial charge on any atom is 0.216 e. The topological polar surface area (TPSA) is 56.1 Å². The minimum Gasteiger partial charge on any atom is -0.370 e. The molecule has 1 N–H and O–H groups in total. The van der Waals surface area contributed by atoms with Gasteiger partial charge < -0.3 is 10.2 Å². The highest BCUT2D eigenvalue weighted by Crippen LogP contribution is 2.29. The van der Waals surface area contributed by atoms with Crippen LogP contribution < -0.4 is 10.2 Å². The third kappa shape index (κ3) is 3.30. The van der Waals surface area contributed by atoms with E-state index in [-0.39, 0.29) is 5.91 Å². The number of aryl methyl sites for hydroxylation is 1. The molecule has 4 nitrogen and oxygen atoms in total. The van der Waals surface area contributed by atoms with E-state index in [4.69, 9.17) is 0 Å². The summed E-state index contributed by atoms with van der Waals surface area (Å²) in [7, 11) is 0. The predicted molar refractivity (Wildman–Crippen MR) is 79.5 cm³/mol. The van der Waals surface area contributed by atoms with Crippen LogP contribution in [0.25, 0.3) is 0 Å². The number of amides is 1. The molecule has 0 unspecified atom stereocenters. The van der Waals surface area contributed by atoms with Gasteiger partial charge in [0.2, 0.25) is 5.91 Å². The Morgan fingerprint density at radius 2 is 2.15 bits per heavy atom. The van der Waals surface area contributed by atoms with E-state index < -0.39 is 0 Å². The number of carbonyl (C=O) groups excluding carboxylic acids is 1. The van der Waals surface area contributed by atoms with Gasteiger partial charge >= 0.3 is 0 Å². The van der Waals surface area contributed by atoms with Gasteiger partial charge in [0.05, 0.1) is 11.3 Å². The molecule has 1 fully saturated rings. The maximum atomic E-state index is 10.9. The Balaban J connectivity index is 2.01. The van der Waals surface area contributed by atoms with Gasteiger partial charge in [0.25, 0.3) is 0 Å². The van der Waals surface area contributed by atoms with Crippen LogP contribution in [0.2, 0.25) is 0 Å². The lowest BCUT2D eigenvalue weighted by atomic mass is 9.95. The lowest BCUT2D eigenvalue weighted by molar-refractivity contribution is -0.119. The molecule has 0 saturated carbocycles. The summed E-state index contributed by atoms with van der Waals surface area (Å²) in [6, 6.07) is 8.15. The molecule has 2 rings (SSSR count). The van der Waals surface area contributed by atoms with Gasteiger partial charge in [-0.1, -0.05) is 12.1 Å². The van der Waals surface area contributed by atoms with Crippen LogP contribution >= 0.6 is 0 Å². The van der Waals surface area contributed by atoms with Gasteiger partial charge in [0, 0.05) is 26.6 Å². The van der Waals surface area contributed by atoms with E-state index >= 15 is 0 Å². The van der Waals surface area contributed by atoms with E-state index in [0.29, 0.717) is 5.92 Å². The van der Waals surface area contributed by atoms with Crippen molar-refractivity contribution in [3.8, 4) is 6.07 Å². The third-order valence-corrected chi connectivity index (χ3v) is 3.93. The molecule has 1 aliphatic heterocycles. The Morgan fingerprint density at radius 3 is 2.75 bits per heavy atom. The Labute approximate surface area is 120 Å². The summed E-state index contributed by atoms with van der Waals surface area (Å²) in [5, 5.41) is 12.1. The van der Waals surface area contributed by atoms with Crippen LogP contribution in [0.1, 0.15) is 30.9 Å². The van der Waals surface area contributed by atoms with Crippen molar-refractivity contribution in [2.24, 2.45) is 5.92 Å². The zero-order valence-electron chi connectivity index (χ0n) is 12.1. The Hall–Kier alpha value is -2.02. The summed E-state index contributed by atoms with van der Waals surface area (Å²) >= 11 is 0. The molecule has 0 aliphatic carbocycles. The fourth-order valence-electron chi connectivity index (χ4n) is 2.82.